The minimum Gasteiger partial charge on any atom is -0.487 e. The molecular formula is C21H23F2N3O4. The number of benzene rings is 1. The van der Waals surface area contributed by atoms with Gasteiger partial charge in [0.25, 0.3) is 0 Å². The van der Waals surface area contributed by atoms with Crippen molar-refractivity contribution in [3.63, 3.8) is 0 Å². The maximum absolute atomic E-state index is 15.3. The Labute approximate surface area is 171 Å². The van der Waals surface area contributed by atoms with Crippen LogP contribution in [0.3, 0.4) is 0 Å². The molecule has 0 amide bonds. The van der Waals surface area contributed by atoms with E-state index in [-0.39, 0.29) is 42.6 Å². The number of carbonyl (C=O) groups is 1. The largest absolute Gasteiger partial charge is 0.487 e. The van der Waals surface area contributed by atoms with Gasteiger partial charge in [-0.25, -0.2) is 13.6 Å². The van der Waals surface area contributed by atoms with Crippen LogP contribution in [0.1, 0.15) is 42.6 Å². The lowest BCUT2D eigenvalue weighted by molar-refractivity contribution is 0.0694. The summed E-state index contributed by atoms with van der Waals surface area (Å²) in [7, 11) is 0. The standard InChI is InChI=1S/C21H23F2N3O4/c1-11-10-30-20-17-13(19(27)14(21(28)29)9-26(11)17)6-15(22)18(20)25-5-3-2-4-12(8-25)16(23)7-24/h6,9,11H,2-5,7-8,10,24H2,1H3,(H,28,29)/b16-12-/t11-/m0/s1. The van der Waals surface area contributed by atoms with Gasteiger partial charge in [-0.2, -0.15) is 0 Å². The maximum Gasteiger partial charge on any atom is 0.341 e. The molecule has 9 heteroatoms. The van der Waals surface area contributed by atoms with E-state index in [1.165, 1.54) is 6.20 Å². The quantitative estimate of drug-likeness (QED) is 0.794. The SMILES string of the molecule is C[C@H]1COc2c(N3CCCC/C(=C(/F)CN)C3)c(F)cc3c(=O)c(C(=O)O)cn1c23. The molecular weight excluding hydrogens is 396 g/mol. The van der Waals surface area contributed by atoms with Crippen molar-refractivity contribution in [2.45, 2.75) is 32.2 Å². The van der Waals surface area contributed by atoms with Gasteiger partial charge in [-0.1, -0.05) is 0 Å². The Hall–Kier alpha value is -2.94. The summed E-state index contributed by atoms with van der Waals surface area (Å²) in [5, 5.41) is 9.34. The molecule has 0 spiro atoms. The highest BCUT2D eigenvalue weighted by Crippen LogP contribution is 2.42. The van der Waals surface area contributed by atoms with Crippen LogP contribution in [0.15, 0.2) is 28.5 Å². The first-order valence-corrected chi connectivity index (χ1v) is 9.92. The number of halogens is 2. The van der Waals surface area contributed by atoms with E-state index in [0.717, 1.165) is 18.9 Å². The minimum absolute atomic E-state index is 0.0450. The summed E-state index contributed by atoms with van der Waals surface area (Å²) in [6, 6.07) is 0.820. The summed E-state index contributed by atoms with van der Waals surface area (Å²) in [5.41, 5.74) is 5.33. The highest BCUT2D eigenvalue weighted by molar-refractivity contribution is 5.97. The summed E-state index contributed by atoms with van der Waals surface area (Å²) in [6.07, 6.45) is 3.33. The fourth-order valence-corrected chi connectivity index (χ4v) is 4.24. The second-order valence-electron chi connectivity index (χ2n) is 7.77. The van der Waals surface area contributed by atoms with Crippen molar-refractivity contribution in [1.29, 1.82) is 0 Å². The van der Waals surface area contributed by atoms with Crippen molar-refractivity contribution in [2.24, 2.45) is 5.73 Å². The molecule has 2 aliphatic rings. The molecule has 7 nitrogen and oxygen atoms in total. The molecule has 0 saturated carbocycles. The lowest BCUT2D eigenvalue weighted by Crippen LogP contribution is -2.31. The predicted molar refractivity (Wildman–Crippen MR) is 109 cm³/mol. The average molecular weight is 419 g/mol. The van der Waals surface area contributed by atoms with E-state index in [4.69, 9.17) is 10.5 Å². The molecule has 1 aromatic heterocycles. The van der Waals surface area contributed by atoms with Crippen LogP contribution in [0.25, 0.3) is 10.9 Å². The first-order valence-electron chi connectivity index (χ1n) is 9.92. The third kappa shape index (κ3) is 3.23. The van der Waals surface area contributed by atoms with E-state index in [1.807, 2.05) is 6.92 Å². The van der Waals surface area contributed by atoms with Crippen molar-refractivity contribution >= 4 is 22.6 Å². The molecule has 1 saturated heterocycles. The molecule has 0 unspecified atom stereocenters. The number of aromatic carboxylic acids is 1. The number of carboxylic acid groups (broad SMARTS) is 1. The van der Waals surface area contributed by atoms with Crippen LogP contribution in [0.2, 0.25) is 0 Å². The number of aromatic nitrogens is 1. The first-order chi connectivity index (χ1) is 14.3. The van der Waals surface area contributed by atoms with E-state index in [0.29, 0.717) is 24.1 Å². The number of anilines is 1. The summed E-state index contributed by atoms with van der Waals surface area (Å²) < 4.78 is 37.1. The molecule has 1 aromatic carbocycles. The van der Waals surface area contributed by atoms with Crippen LogP contribution < -0.4 is 20.8 Å². The summed E-state index contributed by atoms with van der Waals surface area (Å²) in [6.45, 7) is 2.48. The lowest BCUT2D eigenvalue weighted by Gasteiger charge is -2.32. The van der Waals surface area contributed by atoms with Gasteiger partial charge in [0, 0.05) is 25.8 Å². The molecule has 1 atom stereocenters. The third-order valence-electron chi connectivity index (χ3n) is 5.79. The molecule has 1 fully saturated rings. The number of hydrogen-bond donors (Lipinski definition) is 2. The molecule has 160 valence electrons. The Morgan fingerprint density at radius 3 is 2.87 bits per heavy atom. The third-order valence-corrected chi connectivity index (χ3v) is 5.79. The topological polar surface area (TPSA) is 97.8 Å². The van der Waals surface area contributed by atoms with Crippen molar-refractivity contribution in [1.82, 2.24) is 4.57 Å². The van der Waals surface area contributed by atoms with Gasteiger partial charge in [0.05, 0.1) is 16.9 Å². The highest BCUT2D eigenvalue weighted by Gasteiger charge is 2.31. The predicted octanol–water partition coefficient (Wildman–Crippen LogP) is 2.96. The van der Waals surface area contributed by atoms with Gasteiger partial charge < -0.3 is 25.0 Å². The fourth-order valence-electron chi connectivity index (χ4n) is 4.24. The summed E-state index contributed by atoms with van der Waals surface area (Å²) in [4.78, 5) is 25.9. The molecule has 3 N–H and O–H groups in total. The zero-order valence-corrected chi connectivity index (χ0v) is 16.6. The molecule has 0 bridgehead atoms. The molecule has 2 aromatic rings. The van der Waals surface area contributed by atoms with Crippen molar-refractivity contribution < 1.29 is 23.4 Å². The molecule has 30 heavy (non-hydrogen) atoms. The monoisotopic (exact) mass is 419 g/mol. The van der Waals surface area contributed by atoms with Crippen LogP contribution in [0.4, 0.5) is 14.5 Å². The molecule has 3 heterocycles. The second kappa shape index (κ2) is 7.71. The van der Waals surface area contributed by atoms with Gasteiger partial charge in [-0.3, -0.25) is 4.79 Å². The highest BCUT2D eigenvalue weighted by atomic mass is 19.1. The van der Waals surface area contributed by atoms with E-state index in [1.54, 1.807) is 9.47 Å². The fraction of sp³-hybridized carbons (Fsp3) is 0.429. The van der Waals surface area contributed by atoms with E-state index in [9.17, 15) is 19.1 Å². The van der Waals surface area contributed by atoms with Crippen LogP contribution in [-0.4, -0.2) is 41.9 Å². The van der Waals surface area contributed by atoms with Crippen LogP contribution in [-0.2, 0) is 0 Å². The van der Waals surface area contributed by atoms with E-state index >= 15 is 4.39 Å². The number of ether oxygens (including phenoxy) is 1. The van der Waals surface area contributed by atoms with Gasteiger partial charge in [-0.05, 0) is 37.8 Å². The Morgan fingerprint density at radius 2 is 2.17 bits per heavy atom. The van der Waals surface area contributed by atoms with Gasteiger partial charge in [-0.15, -0.1) is 0 Å². The molecule has 2 aliphatic heterocycles. The first kappa shape index (κ1) is 20.3. The van der Waals surface area contributed by atoms with Crippen LogP contribution in [0, 0.1) is 5.82 Å². The summed E-state index contributed by atoms with van der Waals surface area (Å²) in [5.74, 6) is -2.27. The number of hydrogen-bond acceptors (Lipinski definition) is 5. The Kier molecular flexibility index (Phi) is 5.23. The van der Waals surface area contributed by atoms with E-state index < -0.39 is 28.6 Å². The number of carboxylic acids is 1. The number of nitrogens with zero attached hydrogens (tertiary/aromatic N) is 2. The minimum atomic E-state index is -1.37. The molecule has 0 aliphatic carbocycles. The Morgan fingerprint density at radius 1 is 1.40 bits per heavy atom. The zero-order chi connectivity index (χ0) is 21.6. The van der Waals surface area contributed by atoms with Gasteiger partial charge in [0.1, 0.15) is 23.7 Å². The average Bonchev–Trinajstić information content (AvgIpc) is 2.97. The maximum atomic E-state index is 15.3. The van der Waals surface area contributed by atoms with Gasteiger partial charge >= 0.3 is 5.97 Å². The van der Waals surface area contributed by atoms with Gasteiger partial charge in [0.2, 0.25) is 5.43 Å². The number of pyridine rings is 1. The smallest absolute Gasteiger partial charge is 0.341 e. The Balaban J connectivity index is 1.97. The second-order valence-corrected chi connectivity index (χ2v) is 7.77. The normalized spacial score (nSPS) is 20.7. The van der Waals surface area contributed by atoms with Crippen LogP contribution >= 0.6 is 0 Å². The zero-order valence-electron chi connectivity index (χ0n) is 16.6. The lowest BCUT2D eigenvalue weighted by atomic mass is 10.1. The molecule has 4 rings (SSSR count). The Bertz CT molecular complexity index is 1130. The van der Waals surface area contributed by atoms with Gasteiger partial charge in [0.15, 0.2) is 11.6 Å². The van der Waals surface area contributed by atoms with E-state index in [2.05, 4.69) is 0 Å². The van der Waals surface area contributed by atoms with Crippen molar-refractivity contribution in [3.8, 4) is 5.75 Å². The van der Waals surface area contributed by atoms with Crippen molar-refractivity contribution in [2.75, 3.05) is 31.1 Å². The summed E-state index contributed by atoms with van der Waals surface area (Å²) >= 11 is 0. The number of nitrogens with two attached hydrogens (primary N) is 1. The number of rotatable bonds is 3. The van der Waals surface area contributed by atoms with Crippen LogP contribution in [0.5, 0.6) is 5.75 Å². The van der Waals surface area contributed by atoms with Crippen molar-refractivity contribution in [3.05, 3.63) is 45.3 Å². The molecule has 0 radical (unpaired) electrons.